The number of hydrogen-bond acceptors (Lipinski definition) is 4. The number of halogens is 1. The van der Waals surface area contributed by atoms with Crippen molar-refractivity contribution in [2.75, 3.05) is 12.4 Å². The van der Waals surface area contributed by atoms with Gasteiger partial charge in [-0.3, -0.25) is 4.57 Å². The molecule has 1 amide bonds. The van der Waals surface area contributed by atoms with Crippen molar-refractivity contribution in [1.82, 2.24) is 19.7 Å². The molecule has 2 N–H and O–H groups in total. The first-order valence-corrected chi connectivity index (χ1v) is 7.70. The maximum atomic E-state index is 12.2. The first-order valence-electron chi connectivity index (χ1n) is 7.32. The van der Waals surface area contributed by atoms with Gasteiger partial charge in [-0.15, -0.1) is 9.78 Å². The number of nitrogens with one attached hydrogen (secondary N) is 2. The van der Waals surface area contributed by atoms with Crippen LogP contribution in [0.3, 0.4) is 0 Å². The van der Waals surface area contributed by atoms with E-state index in [9.17, 15) is 9.59 Å². The Bertz CT molecular complexity index is 753. The number of carbonyl (C=O) groups excluding carboxylic acids is 1. The topological polar surface area (TPSA) is 81.0 Å². The van der Waals surface area contributed by atoms with E-state index in [-0.39, 0.29) is 6.04 Å². The van der Waals surface area contributed by atoms with E-state index in [4.69, 9.17) is 11.6 Å². The molecule has 1 aromatic heterocycles. The summed E-state index contributed by atoms with van der Waals surface area (Å²) in [5.41, 5.74) is 0.535. The Kier molecular flexibility index (Phi) is 5.44. The Balaban J connectivity index is 1.98. The monoisotopic (exact) mass is 337 g/mol. The maximum absolute atomic E-state index is 12.2. The number of anilines is 1. The number of nitrogens with zero attached hydrogens (tertiary/aromatic N) is 3. The van der Waals surface area contributed by atoms with Gasteiger partial charge in [-0.25, -0.2) is 9.59 Å². The molecule has 0 fully saturated rings. The number of aromatic nitrogens is 3. The van der Waals surface area contributed by atoms with Gasteiger partial charge in [-0.2, -0.15) is 0 Å². The summed E-state index contributed by atoms with van der Waals surface area (Å²) >= 11 is 6.11. The molecule has 0 saturated heterocycles. The van der Waals surface area contributed by atoms with E-state index >= 15 is 0 Å². The lowest BCUT2D eigenvalue weighted by molar-refractivity contribution is 0.235. The van der Waals surface area contributed by atoms with Crippen LogP contribution in [0.15, 0.2) is 29.1 Å². The van der Waals surface area contributed by atoms with Gasteiger partial charge in [0.15, 0.2) is 0 Å². The standard InChI is InChI=1S/C15H20ClN5O2/c1-10(8-9-11-6-4-5-7-12(11)16)18-14(22)21-15(23)20(3)13(17-2)19-21/h4-7,10H,8-9H2,1-3H3,(H,17,19)(H,18,22). The fraction of sp³-hybridized carbons (Fsp3) is 0.400. The molecule has 0 aliphatic heterocycles. The van der Waals surface area contributed by atoms with Crippen molar-refractivity contribution >= 4 is 23.6 Å². The summed E-state index contributed by atoms with van der Waals surface area (Å²) in [6, 6.07) is 6.94. The van der Waals surface area contributed by atoms with Gasteiger partial charge in [-0.05, 0) is 31.4 Å². The van der Waals surface area contributed by atoms with E-state index in [1.807, 2.05) is 31.2 Å². The summed E-state index contributed by atoms with van der Waals surface area (Å²) in [6.07, 6.45) is 1.44. The SMILES string of the molecule is CNc1nn(C(=O)NC(C)CCc2ccccc2Cl)c(=O)n1C. The summed E-state index contributed by atoms with van der Waals surface area (Å²) in [7, 11) is 3.18. The predicted octanol–water partition coefficient (Wildman–Crippen LogP) is 1.86. The summed E-state index contributed by atoms with van der Waals surface area (Å²) in [4.78, 5) is 24.1. The van der Waals surface area contributed by atoms with Crippen LogP contribution in [0.25, 0.3) is 0 Å². The molecule has 23 heavy (non-hydrogen) atoms. The fourth-order valence-corrected chi connectivity index (χ4v) is 2.43. The first kappa shape index (κ1) is 17.1. The van der Waals surface area contributed by atoms with Crippen LogP contribution in [-0.4, -0.2) is 33.5 Å². The minimum atomic E-state index is -0.543. The molecule has 0 saturated carbocycles. The first-order chi connectivity index (χ1) is 10.9. The highest BCUT2D eigenvalue weighted by Gasteiger charge is 2.17. The van der Waals surface area contributed by atoms with Crippen molar-refractivity contribution in [1.29, 1.82) is 0 Å². The van der Waals surface area contributed by atoms with Gasteiger partial charge < -0.3 is 10.6 Å². The lowest BCUT2D eigenvalue weighted by Crippen LogP contribution is -2.41. The highest BCUT2D eigenvalue weighted by molar-refractivity contribution is 6.31. The van der Waals surface area contributed by atoms with Gasteiger partial charge in [0.25, 0.3) is 0 Å². The van der Waals surface area contributed by atoms with E-state index in [0.717, 1.165) is 16.7 Å². The third-order valence-electron chi connectivity index (χ3n) is 3.57. The molecule has 1 atom stereocenters. The largest absolute Gasteiger partial charge is 0.357 e. The predicted molar refractivity (Wildman–Crippen MR) is 90.2 cm³/mol. The molecule has 8 heteroatoms. The van der Waals surface area contributed by atoms with Crippen LogP contribution in [0.4, 0.5) is 10.7 Å². The molecule has 0 aliphatic rings. The van der Waals surface area contributed by atoms with Gasteiger partial charge in [0.2, 0.25) is 5.95 Å². The zero-order valence-electron chi connectivity index (χ0n) is 13.3. The van der Waals surface area contributed by atoms with Crippen molar-refractivity contribution in [2.24, 2.45) is 7.05 Å². The van der Waals surface area contributed by atoms with Crippen molar-refractivity contribution in [3.63, 3.8) is 0 Å². The molecule has 2 aromatic rings. The van der Waals surface area contributed by atoms with E-state index < -0.39 is 11.7 Å². The number of aryl methyl sites for hydroxylation is 1. The summed E-state index contributed by atoms with van der Waals surface area (Å²) in [5.74, 6) is 0.328. The zero-order chi connectivity index (χ0) is 17.0. The molecule has 0 radical (unpaired) electrons. The van der Waals surface area contributed by atoms with Crippen LogP contribution in [0.2, 0.25) is 5.02 Å². The lowest BCUT2D eigenvalue weighted by Gasteiger charge is -2.13. The summed E-state index contributed by atoms with van der Waals surface area (Å²) < 4.78 is 2.09. The molecule has 0 bridgehead atoms. The highest BCUT2D eigenvalue weighted by Crippen LogP contribution is 2.17. The van der Waals surface area contributed by atoms with Gasteiger partial charge in [-0.1, -0.05) is 29.8 Å². The van der Waals surface area contributed by atoms with Crippen molar-refractivity contribution in [3.05, 3.63) is 45.3 Å². The van der Waals surface area contributed by atoms with Crippen molar-refractivity contribution in [3.8, 4) is 0 Å². The zero-order valence-corrected chi connectivity index (χ0v) is 14.1. The Labute approximate surface area is 139 Å². The molecular formula is C15H20ClN5O2. The second-order valence-electron chi connectivity index (χ2n) is 5.31. The molecule has 1 unspecified atom stereocenters. The minimum Gasteiger partial charge on any atom is -0.357 e. The third kappa shape index (κ3) is 3.92. The molecule has 1 heterocycles. The van der Waals surface area contributed by atoms with Gasteiger partial charge in [0.05, 0.1) is 0 Å². The smallest absolute Gasteiger partial charge is 0.355 e. The van der Waals surface area contributed by atoms with E-state index in [2.05, 4.69) is 15.7 Å². The summed E-state index contributed by atoms with van der Waals surface area (Å²) in [6.45, 7) is 1.88. The van der Waals surface area contributed by atoms with Crippen LogP contribution < -0.4 is 16.3 Å². The van der Waals surface area contributed by atoms with Crippen LogP contribution in [0.5, 0.6) is 0 Å². The maximum Gasteiger partial charge on any atom is 0.355 e. The summed E-state index contributed by atoms with van der Waals surface area (Å²) in [5, 5.41) is 10.2. The number of benzene rings is 1. The van der Waals surface area contributed by atoms with Crippen LogP contribution in [-0.2, 0) is 13.5 Å². The van der Waals surface area contributed by atoms with Crippen LogP contribution in [0.1, 0.15) is 18.9 Å². The number of rotatable bonds is 5. The van der Waals surface area contributed by atoms with Crippen LogP contribution >= 0.6 is 11.6 Å². The second kappa shape index (κ2) is 7.32. The van der Waals surface area contributed by atoms with E-state index in [1.165, 1.54) is 4.57 Å². The molecular weight excluding hydrogens is 318 g/mol. The van der Waals surface area contributed by atoms with E-state index in [1.54, 1.807) is 14.1 Å². The second-order valence-corrected chi connectivity index (χ2v) is 5.71. The van der Waals surface area contributed by atoms with Crippen molar-refractivity contribution in [2.45, 2.75) is 25.8 Å². The van der Waals surface area contributed by atoms with E-state index in [0.29, 0.717) is 17.4 Å². The number of amides is 1. The average molecular weight is 338 g/mol. The number of carbonyl (C=O) groups is 1. The Morgan fingerprint density at radius 2 is 2.09 bits per heavy atom. The molecule has 0 spiro atoms. The lowest BCUT2D eigenvalue weighted by atomic mass is 10.1. The molecule has 0 aliphatic carbocycles. The molecule has 7 nitrogen and oxygen atoms in total. The minimum absolute atomic E-state index is 0.120. The normalized spacial score (nSPS) is 12.0. The molecule has 2 rings (SSSR count). The van der Waals surface area contributed by atoms with Gasteiger partial charge >= 0.3 is 11.7 Å². The fourth-order valence-electron chi connectivity index (χ4n) is 2.20. The Morgan fingerprint density at radius 3 is 2.70 bits per heavy atom. The van der Waals surface area contributed by atoms with Gasteiger partial charge in [0.1, 0.15) is 0 Å². The number of hydrogen-bond donors (Lipinski definition) is 2. The molecule has 124 valence electrons. The Morgan fingerprint density at radius 1 is 1.39 bits per heavy atom. The highest BCUT2D eigenvalue weighted by atomic mass is 35.5. The van der Waals surface area contributed by atoms with Gasteiger partial charge in [0, 0.05) is 25.2 Å². The Hall–Kier alpha value is -2.28. The van der Waals surface area contributed by atoms with Crippen molar-refractivity contribution < 1.29 is 4.79 Å². The third-order valence-corrected chi connectivity index (χ3v) is 3.94. The van der Waals surface area contributed by atoms with Crippen LogP contribution in [0, 0.1) is 0 Å². The average Bonchev–Trinajstić information content (AvgIpc) is 2.82. The molecule has 1 aromatic carbocycles. The quantitative estimate of drug-likeness (QED) is 0.872.